The normalized spacial score (nSPS) is 25.0. The molecule has 1 aliphatic heterocycles. The first-order valence-electron chi connectivity index (χ1n) is 9.36. The summed E-state index contributed by atoms with van der Waals surface area (Å²) < 4.78 is 11.9. The third kappa shape index (κ3) is 6.88. The van der Waals surface area contributed by atoms with Crippen LogP contribution in [0.1, 0.15) is 33.6 Å². The van der Waals surface area contributed by atoms with Gasteiger partial charge in [-0.15, -0.1) is 0 Å². The molecule has 0 aliphatic carbocycles. The van der Waals surface area contributed by atoms with E-state index in [9.17, 15) is 5.11 Å². The van der Waals surface area contributed by atoms with Crippen LogP contribution in [0, 0.1) is 11.3 Å². The van der Waals surface area contributed by atoms with Gasteiger partial charge in [0.25, 0.3) is 0 Å². The molecule has 1 aliphatic rings. The Bertz CT molecular complexity index is 371. The van der Waals surface area contributed by atoms with E-state index in [1.54, 1.807) is 14.2 Å². The van der Waals surface area contributed by atoms with Crippen LogP contribution >= 0.6 is 0 Å². The van der Waals surface area contributed by atoms with Crippen LogP contribution < -0.4 is 21.2 Å². The quantitative estimate of drug-likeness (QED) is 0.219. The van der Waals surface area contributed by atoms with Gasteiger partial charge < -0.3 is 0 Å². The summed E-state index contributed by atoms with van der Waals surface area (Å²) in [7, 11) is 5.49. The Labute approximate surface area is 165 Å². The first-order chi connectivity index (χ1) is 11.8. The summed E-state index contributed by atoms with van der Waals surface area (Å²) in [6.45, 7) is 10.8. The van der Waals surface area contributed by atoms with Crippen molar-refractivity contribution >= 4 is 0 Å². The molecule has 1 heterocycles. The summed E-state index contributed by atoms with van der Waals surface area (Å²) in [5.74, 6) is 0.425. The Morgan fingerprint density at radius 2 is 2.04 bits per heavy atom. The van der Waals surface area contributed by atoms with E-state index in [4.69, 9.17) is 9.47 Å². The van der Waals surface area contributed by atoms with Crippen molar-refractivity contribution in [1.82, 2.24) is 9.80 Å². The molecular weight excluding hydrogens is 431 g/mol. The van der Waals surface area contributed by atoms with Crippen molar-refractivity contribution in [1.29, 1.82) is 0 Å². The molecule has 1 fully saturated rings. The van der Waals surface area contributed by atoms with Gasteiger partial charge in [0.05, 0.1) is 0 Å². The maximum absolute atomic E-state index is 10.6. The SMILES string of the molecule is COCCN(C)CC1CCN(C(C)C(C)(C)CC[I-]C)[C@H]1[C@@H](O)OC. The second-order valence-electron chi connectivity index (χ2n) is 8.03. The van der Waals surface area contributed by atoms with E-state index in [1.165, 1.54) is 10.8 Å². The van der Waals surface area contributed by atoms with Crippen LogP contribution in [0.4, 0.5) is 0 Å². The molecular formula is C19H40IN2O3-. The van der Waals surface area contributed by atoms with Gasteiger partial charge in [-0.05, 0) is 0 Å². The molecule has 4 atom stereocenters. The average molecular weight is 471 g/mol. The van der Waals surface area contributed by atoms with Crippen LogP contribution in [0.5, 0.6) is 0 Å². The molecule has 0 saturated carbocycles. The summed E-state index contributed by atoms with van der Waals surface area (Å²) in [5, 5.41) is 10.6. The fourth-order valence-electron chi connectivity index (χ4n) is 3.83. The molecule has 0 aromatic rings. The topological polar surface area (TPSA) is 45.2 Å². The Hall–Kier alpha value is 0.530. The number of hydrogen-bond acceptors (Lipinski definition) is 5. The van der Waals surface area contributed by atoms with Crippen LogP contribution in [0.2, 0.25) is 0 Å². The first kappa shape index (κ1) is 23.6. The van der Waals surface area contributed by atoms with Gasteiger partial charge >= 0.3 is 159 Å². The van der Waals surface area contributed by atoms with Crippen molar-refractivity contribution in [3.8, 4) is 0 Å². The Kier molecular flexibility index (Phi) is 10.7. The third-order valence-electron chi connectivity index (χ3n) is 5.94. The molecule has 1 N–H and O–H groups in total. The van der Waals surface area contributed by atoms with Crippen molar-refractivity contribution in [2.75, 3.05) is 56.9 Å². The van der Waals surface area contributed by atoms with E-state index in [0.29, 0.717) is 33.2 Å². The van der Waals surface area contributed by atoms with Crippen molar-refractivity contribution in [3.05, 3.63) is 0 Å². The second kappa shape index (κ2) is 11.4. The number of ether oxygens (including phenoxy) is 2. The molecule has 6 heteroatoms. The molecule has 2 unspecified atom stereocenters. The number of halogens is 1. The average Bonchev–Trinajstić information content (AvgIpc) is 2.99. The van der Waals surface area contributed by atoms with Crippen molar-refractivity contribution in [3.63, 3.8) is 0 Å². The van der Waals surface area contributed by atoms with Crippen molar-refractivity contribution < 1.29 is 35.8 Å². The Balaban J connectivity index is 2.82. The number of nitrogens with zero attached hydrogens (tertiary/aromatic N) is 2. The zero-order chi connectivity index (χ0) is 19.0. The molecule has 152 valence electrons. The van der Waals surface area contributed by atoms with E-state index in [1.807, 2.05) is 0 Å². The first-order valence-corrected chi connectivity index (χ1v) is 13.0. The minimum absolute atomic E-state index is 0.0700. The number of aliphatic hydroxyl groups is 1. The molecule has 0 aromatic heterocycles. The molecule has 0 amide bonds. The molecule has 0 radical (unpaired) electrons. The fraction of sp³-hybridized carbons (Fsp3) is 1.00. The predicted molar refractivity (Wildman–Crippen MR) is 99.6 cm³/mol. The monoisotopic (exact) mass is 471 g/mol. The van der Waals surface area contributed by atoms with E-state index in [0.717, 1.165) is 32.7 Å². The van der Waals surface area contributed by atoms with Crippen LogP contribution in [0.25, 0.3) is 0 Å². The summed E-state index contributed by atoms with van der Waals surface area (Å²) in [5.41, 5.74) is 0.262. The standard InChI is InChI=1S/C19H40IN2O3/c1-15(19(2,3)9-10-20-4)22-11-8-16(17(22)18(23)25-7)14-21(5)12-13-24-6/h15-18,23H,8-14H2,1-7H3/q-1/t15?,16?,17-,18+/m1/s1. The van der Waals surface area contributed by atoms with Crippen molar-refractivity contribution in [2.45, 2.75) is 52.0 Å². The minimum atomic E-state index is -0.722. The Morgan fingerprint density at radius 1 is 1.36 bits per heavy atom. The maximum atomic E-state index is 10.6. The summed E-state index contributed by atoms with van der Waals surface area (Å²) in [6, 6.07) is 0.507. The van der Waals surface area contributed by atoms with Crippen LogP contribution in [0.3, 0.4) is 0 Å². The van der Waals surface area contributed by atoms with Gasteiger partial charge in [-0.1, -0.05) is 0 Å². The fourth-order valence-corrected chi connectivity index (χ4v) is 5.76. The number of aliphatic hydroxyl groups excluding tert-OH is 1. The van der Waals surface area contributed by atoms with Crippen LogP contribution in [0.15, 0.2) is 0 Å². The molecule has 0 aromatic carbocycles. The Morgan fingerprint density at radius 3 is 2.60 bits per heavy atom. The summed E-state index contributed by atoms with van der Waals surface area (Å²) in [6.07, 6.45) is 1.66. The van der Waals surface area contributed by atoms with Gasteiger partial charge in [0.2, 0.25) is 0 Å². The van der Waals surface area contributed by atoms with E-state index < -0.39 is 6.29 Å². The van der Waals surface area contributed by atoms with Gasteiger partial charge in [0, 0.05) is 7.11 Å². The van der Waals surface area contributed by atoms with Crippen molar-refractivity contribution in [2.24, 2.45) is 11.3 Å². The molecule has 1 saturated heterocycles. The number of methoxy groups -OCH3 is 2. The number of hydrogen-bond donors (Lipinski definition) is 1. The number of rotatable bonds is 12. The van der Waals surface area contributed by atoms with Gasteiger partial charge in [-0.2, -0.15) is 0 Å². The number of likely N-dealkylation sites (N-methyl/N-ethyl adjacent to an activating group) is 1. The molecule has 1 rings (SSSR count). The van der Waals surface area contributed by atoms with Gasteiger partial charge in [-0.25, -0.2) is 0 Å². The summed E-state index contributed by atoms with van der Waals surface area (Å²) >= 11 is 0.337. The molecule has 0 spiro atoms. The third-order valence-corrected chi connectivity index (χ3v) is 7.56. The van der Waals surface area contributed by atoms with Crippen LogP contribution in [-0.2, 0) is 9.47 Å². The molecule has 0 bridgehead atoms. The second-order valence-corrected chi connectivity index (χ2v) is 10.6. The molecule has 25 heavy (non-hydrogen) atoms. The predicted octanol–water partition coefficient (Wildman–Crippen LogP) is -1.26. The number of alkyl halides is 2. The summed E-state index contributed by atoms with van der Waals surface area (Å²) in [4.78, 5) is 7.18. The van der Waals surface area contributed by atoms with Gasteiger partial charge in [-0.3, -0.25) is 0 Å². The van der Waals surface area contributed by atoms with E-state index >= 15 is 0 Å². The van der Waals surface area contributed by atoms with E-state index in [2.05, 4.69) is 42.5 Å². The van der Waals surface area contributed by atoms with E-state index in [-0.39, 0.29) is 11.5 Å². The zero-order valence-electron chi connectivity index (χ0n) is 17.3. The van der Waals surface area contributed by atoms with Gasteiger partial charge in [0.15, 0.2) is 0 Å². The van der Waals surface area contributed by atoms with Gasteiger partial charge in [0.1, 0.15) is 0 Å². The molecule has 5 nitrogen and oxygen atoms in total. The zero-order valence-corrected chi connectivity index (χ0v) is 19.5. The van der Waals surface area contributed by atoms with Crippen LogP contribution in [-0.4, -0.2) is 90.1 Å². The number of likely N-dealkylation sites (tertiary alicyclic amines) is 1.